The molecule has 0 amide bonds. The van der Waals surface area contributed by atoms with Gasteiger partial charge in [-0.25, -0.2) is 9.78 Å². The molecule has 0 spiro atoms. The highest BCUT2D eigenvalue weighted by Gasteiger charge is 2.29. The molecule has 5 nitrogen and oxygen atoms in total. The standard InChI is InChI=1S/C23H24BrClN2O3/c1-14(2)27-21(20(22(28)29)26-23(27)24)19(16-7-9-17(25)10-8-16)13-6-15-4-11-18(30-3)12-5-15/h4-5,7-12,14,19H,6,13H2,1-3H3,(H,28,29). The quantitative estimate of drug-likeness (QED) is 0.399. The number of hydrogen-bond donors (Lipinski definition) is 1. The van der Waals surface area contributed by atoms with Gasteiger partial charge in [0.1, 0.15) is 5.75 Å². The number of aromatic carboxylic acids is 1. The Balaban J connectivity index is 2.06. The monoisotopic (exact) mass is 490 g/mol. The van der Waals surface area contributed by atoms with Gasteiger partial charge in [0.05, 0.1) is 12.8 Å². The lowest BCUT2D eigenvalue weighted by Gasteiger charge is -2.23. The van der Waals surface area contributed by atoms with Crippen LogP contribution in [-0.4, -0.2) is 27.7 Å². The van der Waals surface area contributed by atoms with Crippen molar-refractivity contribution in [2.45, 2.75) is 38.6 Å². The normalized spacial score (nSPS) is 12.2. The Morgan fingerprint density at radius 3 is 2.33 bits per heavy atom. The van der Waals surface area contributed by atoms with Gasteiger partial charge in [-0.3, -0.25) is 0 Å². The highest BCUT2D eigenvalue weighted by atomic mass is 79.9. The van der Waals surface area contributed by atoms with Crippen LogP contribution in [0.1, 0.15) is 59.5 Å². The van der Waals surface area contributed by atoms with E-state index < -0.39 is 5.97 Å². The Morgan fingerprint density at radius 1 is 1.17 bits per heavy atom. The predicted molar refractivity (Wildman–Crippen MR) is 122 cm³/mol. The first-order valence-corrected chi connectivity index (χ1v) is 10.9. The maximum atomic E-state index is 12.0. The van der Waals surface area contributed by atoms with Crippen LogP contribution < -0.4 is 4.74 Å². The second-order valence-electron chi connectivity index (χ2n) is 7.37. The van der Waals surface area contributed by atoms with Crippen LogP contribution in [0.2, 0.25) is 5.02 Å². The van der Waals surface area contributed by atoms with Gasteiger partial charge in [0.25, 0.3) is 0 Å². The van der Waals surface area contributed by atoms with Crippen molar-refractivity contribution in [3.05, 3.63) is 80.8 Å². The number of hydrogen-bond acceptors (Lipinski definition) is 3. The number of imidazole rings is 1. The van der Waals surface area contributed by atoms with Crippen molar-refractivity contribution in [2.24, 2.45) is 0 Å². The van der Waals surface area contributed by atoms with Crippen LogP contribution in [0.15, 0.2) is 53.3 Å². The summed E-state index contributed by atoms with van der Waals surface area (Å²) in [6.45, 7) is 4.04. The Morgan fingerprint density at radius 2 is 1.80 bits per heavy atom. The molecule has 2 aromatic carbocycles. The summed E-state index contributed by atoms with van der Waals surface area (Å²) >= 11 is 9.56. The van der Waals surface area contributed by atoms with Crippen LogP contribution in [0.3, 0.4) is 0 Å². The average molecular weight is 492 g/mol. The van der Waals surface area contributed by atoms with Gasteiger partial charge in [-0.2, -0.15) is 0 Å². The Kier molecular flexibility index (Phi) is 7.21. The van der Waals surface area contributed by atoms with E-state index in [-0.39, 0.29) is 17.7 Å². The van der Waals surface area contributed by atoms with Crippen molar-refractivity contribution in [2.75, 3.05) is 7.11 Å². The zero-order valence-corrected chi connectivity index (χ0v) is 19.4. The number of aryl methyl sites for hydroxylation is 1. The highest BCUT2D eigenvalue weighted by Crippen LogP contribution is 2.36. The van der Waals surface area contributed by atoms with Crippen molar-refractivity contribution >= 4 is 33.5 Å². The SMILES string of the molecule is COc1ccc(CCC(c2ccc(Cl)cc2)c2c(C(=O)O)nc(Br)n2C(C)C)cc1. The second-order valence-corrected chi connectivity index (χ2v) is 8.52. The fourth-order valence-electron chi connectivity index (χ4n) is 3.66. The number of rotatable bonds is 8. The molecule has 1 heterocycles. The summed E-state index contributed by atoms with van der Waals surface area (Å²) in [5.74, 6) is -0.381. The van der Waals surface area contributed by atoms with Gasteiger partial charge in [-0.15, -0.1) is 0 Å². The molecule has 30 heavy (non-hydrogen) atoms. The molecule has 0 fully saturated rings. The zero-order valence-electron chi connectivity index (χ0n) is 17.1. The minimum atomic E-state index is -1.03. The van der Waals surface area contributed by atoms with E-state index in [9.17, 15) is 9.90 Å². The lowest BCUT2D eigenvalue weighted by atomic mass is 9.88. The molecule has 0 aliphatic rings. The molecule has 7 heteroatoms. The van der Waals surface area contributed by atoms with Gasteiger partial charge in [0.2, 0.25) is 0 Å². The van der Waals surface area contributed by atoms with Crippen LogP contribution in [0, 0.1) is 0 Å². The van der Waals surface area contributed by atoms with Gasteiger partial charge in [0.15, 0.2) is 10.4 Å². The molecule has 158 valence electrons. The van der Waals surface area contributed by atoms with Crippen LogP contribution >= 0.6 is 27.5 Å². The Hall–Kier alpha value is -2.31. The smallest absolute Gasteiger partial charge is 0.356 e. The molecule has 1 N–H and O–H groups in total. The van der Waals surface area contributed by atoms with Gasteiger partial charge in [-0.1, -0.05) is 35.9 Å². The fourth-order valence-corrected chi connectivity index (χ4v) is 4.56. The summed E-state index contributed by atoms with van der Waals surface area (Å²) in [6, 6.07) is 15.6. The average Bonchev–Trinajstić information content (AvgIpc) is 3.07. The lowest BCUT2D eigenvalue weighted by molar-refractivity contribution is 0.0689. The first-order chi connectivity index (χ1) is 14.3. The van der Waals surface area contributed by atoms with Gasteiger partial charge in [0, 0.05) is 17.0 Å². The molecular weight excluding hydrogens is 468 g/mol. The number of benzene rings is 2. The first kappa shape index (κ1) is 22.4. The molecular formula is C23H24BrClN2O3. The predicted octanol–water partition coefficient (Wildman–Crippen LogP) is 6.35. The summed E-state index contributed by atoms with van der Waals surface area (Å²) in [5.41, 5.74) is 2.93. The summed E-state index contributed by atoms with van der Waals surface area (Å²) in [4.78, 5) is 16.3. The largest absolute Gasteiger partial charge is 0.497 e. The maximum absolute atomic E-state index is 12.0. The number of ether oxygens (including phenoxy) is 1. The molecule has 0 aliphatic carbocycles. The fraction of sp³-hybridized carbons (Fsp3) is 0.304. The van der Waals surface area contributed by atoms with Gasteiger partial charge in [-0.05, 0) is 78.0 Å². The van der Waals surface area contributed by atoms with Crippen LogP contribution in [0.25, 0.3) is 0 Å². The first-order valence-electron chi connectivity index (χ1n) is 9.71. The summed E-state index contributed by atoms with van der Waals surface area (Å²) in [6.07, 6.45) is 1.50. The molecule has 0 aliphatic heterocycles. The Labute approximate surface area is 189 Å². The van der Waals surface area contributed by atoms with Crippen LogP contribution in [-0.2, 0) is 6.42 Å². The Bertz CT molecular complexity index is 1010. The molecule has 1 unspecified atom stereocenters. The van der Waals surface area contributed by atoms with E-state index in [4.69, 9.17) is 16.3 Å². The molecule has 0 radical (unpaired) electrons. The van der Waals surface area contributed by atoms with Crippen molar-refractivity contribution < 1.29 is 14.6 Å². The summed E-state index contributed by atoms with van der Waals surface area (Å²) in [7, 11) is 1.64. The minimum absolute atomic E-state index is 0.0470. The number of carboxylic acid groups (broad SMARTS) is 1. The molecule has 0 saturated carbocycles. The number of carbonyl (C=O) groups is 1. The van der Waals surface area contributed by atoms with E-state index in [2.05, 4.69) is 20.9 Å². The number of methoxy groups -OCH3 is 1. The molecule has 3 aromatic rings. The number of aromatic nitrogens is 2. The van der Waals surface area contributed by atoms with Gasteiger partial charge < -0.3 is 14.4 Å². The second kappa shape index (κ2) is 9.67. The lowest BCUT2D eigenvalue weighted by Crippen LogP contribution is -2.16. The van der Waals surface area contributed by atoms with E-state index in [1.165, 1.54) is 0 Å². The summed E-state index contributed by atoms with van der Waals surface area (Å²) in [5, 5.41) is 10.5. The van der Waals surface area contributed by atoms with E-state index >= 15 is 0 Å². The van der Waals surface area contributed by atoms with Crippen LogP contribution in [0.5, 0.6) is 5.75 Å². The van der Waals surface area contributed by atoms with Crippen LogP contribution in [0.4, 0.5) is 0 Å². The third kappa shape index (κ3) is 4.87. The molecule has 1 atom stereocenters. The number of halogens is 2. The van der Waals surface area contributed by atoms with Crippen molar-refractivity contribution in [1.29, 1.82) is 0 Å². The topological polar surface area (TPSA) is 64.3 Å². The van der Waals surface area contributed by atoms with E-state index in [1.54, 1.807) is 7.11 Å². The highest BCUT2D eigenvalue weighted by molar-refractivity contribution is 9.10. The van der Waals surface area contributed by atoms with Crippen molar-refractivity contribution in [3.8, 4) is 5.75 Å². The number of nitrogens with zero attached hydrogens (tertiary/aromatic N) is 2. The minimum Gasteiger partial charge on any atom is -0.497 e. The number of carboxylic acids is 1. The van der Waals surface area contributed by atoms with E-state index in [0.717, 1.165) is 29.7 Å². The maximum Gasteiger partial charge on any atom is 0.356 e. The molecule has 3 rings (SSSR count). The third-order valence-electron chi connectivity index (χ3n) is 5.11. The van der Waals surface area contributed by atoms with E-state index in [1.807, 2.05) is 66.9 Å². The molecule has 0 saturated heterocycles. The molecule has 1 aromatic heterocycles. The van der Waals surface area contributed by atoms with Crippen molar-refractivity contribution in [1.82, 2.24) is 9.55 Å². The van der Waals surface area contributed by atoms with Gasteiger partial charge >= 0.3 is 5.97 Å². The zero-order chi connectivity index (χ0) is 21.8. The van der Waals surface area contributed by atoms with E-state index in [0.29, 0.717) is 15.5 Å². The third-order valence-corrected chi connectivity index (χ3v) is 5.92. The van der Waals surface area contributed by atoms with Crippen molar-refractivity contribution in [3.63, 3.8) is 0 Å². The molecule has 0 bridgehead atoms. The summed E-state index contributed by atoms with van der Waals surface area (Å²) < 4.78 is 7.71.